The van der Waals surface area contributed by atoms with Crippen molar-refractivity contribution < 1.29 is 38.6 Å². The number of ether oxygens (including phenoxy) is 2. The molecule has 0 spiro atoms. The molecular formula is C41H58N4O8. The Hall–Kier alpha value is -4.58. The van der Waals surface area contributed by atoms with E-state index in [1.54, 1.807) is 57.2 Å². The second-order valence-corrected chi connectivity index (χ2v) is 15.5. The van der Waals surface area contributed by atoms with Gasteiger partial charge in [-0.1, -0.05) is 95.5 Å². The standard InChI is InChI=1S/C41H58N4O8/c1-9-10-16-28(4)21-22-35(46)45(37(48)33(23-27(2)3)44-39(50)53-40(6,7)8)34(24-41(51)26-42-32-20-15-14-19-31(32)41)36(47)43-29(5)38(49)52-25-30-17-12-11-13-18-30/h11-15,17-20,26-29,33-34,51H,9-10,16,21-25H2,1-8H3,(H,43,47)(H,44,50)/t28-,29-,33+,34+,41+/m0/s1. The molecule has 12 nitrogen and oxygen atoms in total. The van der Waals surface area contributed by atoms with Crippen molar-refractivity contribution >= 4 is 41.7 Å². The minimum Gasteiger partial charge on any atom is -0.459 e. The lowest BCUT2D eigenvalue weighted by Gasteiger charge is -2.36. The van der Waals surface area contributed by atoms with Crippen LogP contribution in [-0.4, -0.2) is 69.7 Å². The fraction of sp³-hybridized carbons (Fsp3) is 0.561. The van der Waals surface area contributed by atoms with Gasteiger partial charge in [-0.3, -0.25) is 24.3 Å². The van der Waals surface area contributed by atoms with E-state index in [1.165, 1.54) is 13.1 Å². The van der Waals surface area contributed by atoms with Gasteiger partial charge < -0.3 is 25.2 Å². The van der Waals surface area contributed by atoms with E-state index < -0.39 is 65.5 Å². The van der Waals surface area contributed by atoms with Crippen LogP contribution in [-0.2, 0) is 40.9 Å². The summed E-state index contributed by atoms with van der Waals surface area (Å²) in [6.07, 6.45) is 3.32. The molecule has 1 aliphatic heterocycles. The SMILES string of the molecule is CCCC[C@H](C)CCC(=O)N(C(=O)[C@@H](CC(C)C)NC(=O)OC(C)(C)C)[C@H](C[C@@]1(O)C=Nc2ccccc21)C(=O)N[C@@H](C)C(=O)OCc1ccccc1. The lowest BCUT2D eigenvalue weighted by atomic mass is 9.87. The van der Waals surface area contributed by atoms with Gasteiger partial charge in [0.15, 0.2) is 0 Å². The molecule has 5 atom stereocenters. The van der Waals surface area contributed by atoms with Crippen molar-refractivity contribution in [3.8, 4) is 0 Å². The Kier molecular flexibility index (Phi) is 15.7. The average molecular weight is 735 g/mol. The molecule has 3 rings (SSSR count). The molecule has 0 bridgehead atoms. The van der Waals surface area contributed by atoms with Crippen molar-refractivity contribution in [2.24, 2.45) is 16.8 Å². The number of benzene rings is 2. The topological polar surface area (TPSA) is 164 Å². The number of imide groups is 1. The number of hydrogen-bond donors (Lipinski definition) is 3. The molecule has 0 saturated carbocycles. The number of rotatable bonds is 18. The van der Waals surface area contributed by atoms with Crippen LogP contribution in [0.2, 0.25) is 0 Å². The summed E-state index contributed by atoms with van der Waals surface area (Å²) in [4.78, 5) is 74.9. The molecular weight excluding hydrogens is 676 g/mol. The summed E-state index contributed by atoms with van der Waals surface area (Å²) in [5.74, 6) is -3.03. The molecule has 0 radical (unpaired) electrons. The highest BCUT2D eigenvalue weighted by Crippen LogP contribution is 2.39. The third-order valence-corrected chi connectivity index (χ3v) is 8.95. The number of hydrogen-bond acceptors (Lipinski definition) is 9. The van der Waals surface area contributed by atoms with Gasteiger partial charge in [0, 0.05) is 24.6 Å². The Morgan fingerprint density at radius 2 is 1.58 bits per heavy atom. The van der Waals surface area contributed by atoms with Gasteiger partial charge in [-0.05, 0) is 64.0 Å². The highest BCUT2D eigenvalue weighted by molar-refractivity contribution is 6.04. The first-order chi connectivity index (χ1) is 24.9. The maximum absolute atomic E-state index is 14.7. The normalized spacial score (nSPS) is 17.2. The predicted molar refractivity (Wildman–Crippen MR) is 203 cm³/mol. The summed E-state index contributed by atoms with van der Waals surface area (Å²) < 4.78 is 10.9. The number of alkyl carbamates (subject to hydrolysis) is 1. The number of aliphatic hydroxyl groups is 1. The van der Waals surface area contributed by atoms with Gasteiger partial charge in [0.05, 0.1) is 5.69 Å². The zero-order chi connectivity index (χ0) is 39.3. The van der Waals surface area contributed by atoms with Crippen LogP contribution in [0.25, 0.3) is 0 Å². The monoisotopic (exact) mass is 734 g/mol. The van der Waals surface area contributed by atoms with Crippen LogP contribution in [0.15, 0.2) is 59.6 Å². The Bertz CT molecular complexity index is 1590. The number of esters is 1. The lowest BCUT2D eigenvalue weighted by molar-refractivity contribution is -0.156. The van der Waals surface area contributed by atoms with Gasteiger partial charge >= 0.3 is 12.1 Å². The van der Waals surface area contributed by atoms with Crippen molar-refractivity contribution in [3.63, 3.8) is 0 Å². The molecule has 1 heterocycles. The minimum absolute atomic E-state index is 0.0250. The molecule has 3 N–H and O–H groups in total. The fourth-order valence-electron chi connectivity index (χ4n) is 6.13. The maximum atomic E-state index is 14.7. The van der Waals surface area contributed by atoms with Crippen molar-refractivity contribution in [2.75, 3.05) is 0 Å². The van der Waals surface area contributed by atoms with Gasteiger partial charge in [-0.15, -0.1) is 0 Å². The minimum atomic E-state index is -1.85. The second kappa shape index (κ2) is 19.5. The highest BCUT2D eigenvalue weighted by Gasteiger charge is 2.46. The van der Waals surface area contributed by atoms with Crippen LogP contribution >= 0.6 is 0 Å². The van der Waals surface area contributed by atoms with Crippen LogP contribution in [0.4, 0.5) is 10.5 Å². The molecule has 2 aromatic rings. The summed E-state index contributed by atoms with van der Waals surface area (Å²) in [6.45, 7) is 14.3. The molecule has 0 aromatic heterocycles. The first-order valence-corrected chi connectivity index (χ1v) is 18.7. The zero-order valence-electron chi connectivity index (χ0n) is 32.5. The van der Waals surface area contributed by atoms with Crippen LogP contribution in [0.5, 0.6) is 0 Å². The van der Waals surface area contributed by atoms with Crippen molar-refractivity contribution in [1.29, 1.82) is 0 Å². The van der Waals surface area contributed by atoms with E-state index in [4.69, 9.17) is 9.47 Å². The molecule has 53 heavy (non-hydrogen) atoms. The summed E-state index contributed by atoms with van der Waals surface area (Å²) in [7, 11) is 0. The molecule has 0 fully saturated rings. The Morgan fingerprint density at radius 1 is 0.925 bits per heavy atom. The number of nitrogens with zero attached hydrogens (tertiary/aromatic N) is 2. The van der Waals surface area contributed by atoms with E-state index in [0.29, 0.717) is 17.7 Å². The van der Waals surface area contributed by atoms with Crippen molar-refractivity contribution in [2.45, 2.75) is 136 Å². The molecule has 0 saturated heterocycles. The van der Waals surface area contributed by atoms with Crippen LogP contribution in [0.3, 0.4) is 0 Å². The smallest absolute Gasteiger partial charge is 0.408 e. The summed E-state index contributed by atoms with van der Waals surface area (Å²) >= 11 is 0. The van der Waals surface area contributed by atoms with Crippen LogP contribution < -0.4 is 10.6 Å². The van der Waals surface area contributed by atoms with Crippen LogP contribution in [0.1, 0.15) is 111 Å². The van der Waals surface area contributed by atoms with E-state index in [1.807, 2.05) is 39.0 Å². The number of carbonyl (C=O) groups excluding carboxylic acids is 5. The van der Waals surface area contributed by atoms with Gasteiger partial charge in [0.1, 0.15) is 35.9 Å². The van der Waals surface area contributed by atoms with Crippen molar-refractivity contribution in [3.05, 3.63) is 65.7 Å². The van der Waals surface area contributed by atoms with E-state index >= 15 is 0 Å². The van der Waals surface area contributed by atoms with Crippen LogP contribution in [0, 0.1) is 11.8 Å². The van der Waals surface area contributed by atoms with E-state index in [0.717, 1.165) is 29.7 Å². The highest BCUT2D eigenvalue weighted by atomic mass is 16.6. The quantitative estimate of drug-likeness (QED) is 0.146. The number of unbranched alkanes of at least 4 members (excludes halogenated alkanes) is 1. The largest absolute Gasteiger partial charge is 0.459 e. The van der Waals surface area contributed by atoms with Gasteiger partial charge in [-0.2, -0.15) is 0 Å². The number of aliphatic imine (C=N–C) groups is 1. The van der Waals surface area contributed by atoms with Gasteiger partial charge in [-0.25, -0.2) is 9.59 Å². The maximum Gasteiger partial charge on any atom is 0.408 e. The third-order valence-electron chi connectivity index (χ3n) is 8.95. The molecule has 290 valence electrons. The molecule has 0 unspecified atom stereocenters. The first kappa shape index (κ1) is 42.8. The van der Waals surface area contributed by atoms with Gasteiger partial charge in [0.2, 0.25) is 11.8 Å². The van der Waals surface area contributed by atoms with Crippen molar-refractivity contribution in [1.82, 2.24) is 15.5 Å². The molecule has 4 amide bonds. The van der Waals surface area contributed by atoms with E-state index in [9.17, 15) is 29.1 Å². The average Bonchev–Trinajstić information content (AvgIpc) is 3.43. The Balaban J connectivity index is 2.05. The summed E-state index contributed by atoms with van der Waals surface area (Å²) in [5.41, 5.74) is -1.10. The number of fused-ring (bicyclic) bond motifs is 1. The number of nitrogens with one attached hydrogen (secondary N) is 2. The first-order valence-electron chi connectivity index (χ1n) is 18.7. The summed E-state index contributed by atoms with van der Waals surface area (Å²) in [6, 6.07) is 11.8. The number of para-hydroxylation sites is 1. The van der Waals surface area contributed by atoms with Gasteiger partial charge in [0.25, 0.3) is 5.91 Å². The Labute approximate surface area is 314 Å². The molecule has 2 aromatic carbocycles. The number of amides is 4. The lowest BCUT2D eigenvalue weighted by Crippen LogP contribution is -2.61. The number of carbonyl (C=O) groups is 5. The fourth-order valence-corrected chi connectivity index (χ4v) is 6.13. The summed E-state index contributed by atoms with van der Waals surface area (Å²) in [5, 5.41) is 17.3. The Morgan fingerprint density at radius 3 is 2.23 bits per heavy atom. The molecule has 0 aliphatic carbocycles. The molecule has 12 heteroatoms. The second-order valence-electron chi connectivity index (χ2n) is 15.5. The molecule has 1 aliphatic rings. The third kappa shape index (κ3) is 13.1. The predicted octanol–water partition coefficient (Wildman–Crippen LogP) is 6.50. The van der Waals surface area contributed by atoms with E-state index in [2.05, 4.69) is 22.5 Å². The van der Waals surface area contributed by atoms with E-state index in [-0.39, 0.29) is 31.3 Å². The zero-order valence-corrected chi connectivity index (χ0v) is 32.5.